The number of likely N-dealkylation sites (tertiary alicyclic amines) is 1. The highest BCUT2D eigenvalue weighted by molar-refractivity contribution is 6.37. The molecule has 1 saturated heterocycles. The quantitative estimate of drug-likeness (QED) is 0.216. The summed E-state index contributed by atoms with van der Waals surface area (Å²) >= 11 is 0. The molecule has 0 saturated carbocycles. The van der Waals surface area contributed by atoms with Crippen LogP contribution in [0.2, 0.25) is 0 Å². The van der Waals surface area contributed by atoms with Crippen molar-refractivity contribution in [2.75, 3.05) is 30.8 Å². The molecule has 0 aliphatic carbocycles. The predicted molar refractivity (Wildman–Crippen MR) is 174 cm³/mol. The molecule has 0 aromatic heterocycles. The number of anilines is 2. The fourth-order valence-corrected chi connectivity index (χ4v) is 6.03. The Balaban J connectivity index is 1.35. The second-order valence-corrected chi connectivity index (χ2v) is 11.5. The van der Waals surface area contributed by atoms with Crippen molar-refractivity contribution in [2.24, 2.45) is 0 Å². The Hall–Kier alpha value is -4.68. The van der Waals surface area contributed by atoms with Crippen LogP contribution in [0.1, 0.15) is 64.8 Å². The first-order chi connectivity index (χ1) is 21.0. The van der Waals surface area contributed by atoms with Crippen molar-refractivity contribution in [3.8, 4) is 0 Å². The van der Waals surface area contributed by atoms with Gasteiger partial charge in [0.15, 0.2) is 0 Å². The first-order valence-electron chi connectivity index (χ1n) is 15.1. The standard InChI is InChI=1S/C37H38N4O2/c1-26(28-14-6-3-7-15-28)40(2)37(43)30-19-20-33-32(24-30)34(36(42)39-33)35(29-16-8-4-9-17-29)38-31-18-12-13-27(23-31)25-41-21-10-5-11-22-41/h3-4,6-9,12-20,23-24,26,38H,5,10-11,21-22,25H2,1-2H3,(H,39,42)/t26-/m1/s1. The van der Waals surface area contributed by atoms with E-state index in [0.717, 1.165) is 36.4 Å². The van der Waals surface area contributed by atoms with E-state index in [9.17, 15) is 9.59 Å². The molecule has 218 valence electrons. The molecular weight excluding hydrogens is 532 g/mol. The molecule has 43 heavy (non-hydrogen) atoms. The van der Waals surface area contributed by atoms with E-state index < -0.39 is 0 Å². The summed E-state index contributed by atoms with van der Waals surface area (Å²) in [5.41, 5.74) is 7.31. The van der Waals surface area contributed by atoms with Gasteiger partial charge in [-0.1, -0.05) is 79.2 Å². The number of carbonyl (C=O) groups is 2. The molecule has 2 aliphatic rings. The number of amides is 2. The molecule has 0 unspecified atom stereocenters. The van der Waals surface area contributed by atoms with Crippen LogP contribution in [0.15, 0.2) is 103 Å². The van der Waals surface area contributed by atoms with Crippen molar-refractivity contribution in [3.63, 3.8) is 0 Å². The van der Waals surface area contributed by atoms with Crippen LogP contribution in [-0.2, 0) is 11.3 Å². The molecule has 6 heteroatoms. The highest BCUT2D eigenvalue weighted by Gasteiger charge is 2.30. The Morgan fingerprint density at radius 3 is 2.33 bits per heavy atom. The minimum atomic E-state index is -0.193. The van der Waals surface area contributed by atoms with Crippen LogP contribution in [0.25, 0.3) is 11.3 Å². The number of hydrogen-bond donors (Lipinski definition) is 2. The van der Waals surface area contributed by atoms with Gasteiger partial charge in [0.25, 0.3) is 11.8 Å². The van der Waals surface area contributed by atoms with Crippen LogP contribution < -0.4 is 10.6 Å². The van der Waals surface area contributed by atoms with Gasteiger partial charge in [0.1, 0.15) is 0 Å². The summed E-state index contributed by atoms with van der Waals surface area (Å²) in [5.74, 6) is -0.293. The van der Waals surface area contributed by atoms with E-state index in [2.05, 4.69) is 33.7 Å². The molecule has 4 aromatic carbocycles. The fourth-order valence-electron chi connectivity index (χ4n) is 6.03. The molecule has 1 atom stereocenters. The van der Waals surface area contributed by atoms with Crippen molar-refractivity contribution >= 4 is 34.5 Å². The Morgan fingerprint density at radius 1 is 0.860 bits per heavy atom. The largest absolute Gasteiger partial charge is 0.354 e. The van der Waals surface area contributed by atoms with Crippen LogP contribution >= 0.6 is 0 Å². The lowest BCUT2D eigenvalue weighted by atomic mass is 9.97. The highest BCUT2D eigenvalue weighted by Crippen LogP contribution is 2.38. The second kappa shape index (κ2) is 12.7. The summed E-state index contributed by atoms with van der Waals surface area (Å²) in [4.78, 5) is 31.5. The van der Waals surface area contributed by atoms with Crippen LogP contribution in [-0.4, -0.2) is 41.8 Å². The van der Waals surface area contributed by atoms with E-state index in [-0.39, 0.29) is 17.9 Å². The maximum absolute atomic E-state index is 13.7. The minimum absolute atomic E-state index is 0.0995. The van der Waals surface area contributed by atoms with E-state index in [1.54, 1.807) is 11.0 Å². The summed E-state index contributed by atoms with van der Waals surface area (Å²) in [6.07, 6.45) is 3.82. The molecule has 6 nitrogen and oxygen atoms in total. The van der Waals surface area contributed by atoms with E-state index in [1.165, 1.54) is 24.8 Å². The monoisotopic (exact) mass is 570 g/mol. The molecule has 2 aliphatic heterocycles. The molecule has 2 heterocycles. The normalized spacial score (nSPS) is 16.7. The first kappa shape index (κ1) is 28.4. The van der Waals surface area contributed by atoms with Crippen LogP contribution in [0.5, 0.6) is 0 Å². The molecule has 2 N–H and O–H groups in total. The number of benzene rings is 4. The zero-order valence-corrected chi connectivity index (χ0v) is 24.8. The van der Waals surface area contributed by atoms with Gasteiger partial charge in [0.2, 0.25) is 0 Å². The van der Waals surface area contributed by atoms with Crippen LogP contribution in [0.4, 0.5) is 11.4 Å². The summed E-state index contributed by atoms with van der Waals surface area (Å²) in [7, 11) is 1.82. The summed E-state index contributed by atoms with van der Waals surface area (Å²) < 4.78 is 0. The SMILES string of the molecule is C[C@H](c1ccccc1)N(C)C(=O)c1ccc2c(c1)C(=C(Nc1cccc(CN3CCCCC3)c1)c1ccccc1)C(=O)N2. The maximum atomic E-state index is 13.7. The van der Waals surface area contributed by atoms with Crippen molar-refractivity contribution in [3.05, 3.63) is 131 Å². The number of nitrogens with one attached hydrogen (secondary N) is 2. The van der Waals surface area contributed by atoms with E-state index >= 15 is 0 Å². The van der Waals surface area contributed by atoms with Gasteiger partial charge in [0.05, 0.1) is 17.3 Å². The molecule has 4 aromatic rings. The number of hydrogen-bond acceptors (Lipinski definition) is 4. The number of carbonyl (C=O) groups excluding carboxylic acids is 2. The molecule has 0 radical (unpaired) electrons. The number of fused-ring (bicyclic) bond motifs is 1. The van der Waals surface area contributed by atoms with Gasteiger partial charge in [0, 0.05) is 36.1 Å². The second-order valence-electron chi connectivity index (χ2n) is 11.5. The summed E-state index contributed by atoms with van der Waals surface area (Å²) in [6, 6.07) is 33.7. The zero-order chi connectivity index (χ0) is 29.8. The third-order valence-electron chi connectivity index (χ3n) is 8.56. The van der Waals surface area contributed by atoms with Crippen molar-refractivity contribution in [1.29, 1.82) is 0 Å². The molecule has 6 rings (SSSR count). The highest BCUT2D eigenvalue weighted by atomic mass is 16.2. The average molecular weight is 571 g/mol. The summed E-state index contributed by atoms with van der Waals surface area (Å²) in [5, 5.41) is 6.63. The molecule has 2 amide bonds. The zero-order valence-electron chi connectivity index (χ0n) is 24.8. The van der Waals surface area contributed by atoms with Gasteiger partial charge in [-0.3, -0.25) is 14.5 Å². The van der Waals surface area contributed by atoms with Crippen LogP contribution in [0.3, 0.4) is 0 Å². The van der Waals surface area contributed by atoms with Crippen molar-refractivity contribution < 1.29 is 9.59 Å². The molecule has 0 bridgehead atoms. The van der Waals surface area contributed by atoms with Crippen molar-refractivity contribution in [2.45, 2.75) is 38.8 Å². The van der Waals surface area contributed by atoms with E-state index in [0.29, 0.717) is 28.1 Å². The van der Waals surface area contributed by atoms with Gasteiger partial charge < -0.3 is 15.5 Å². The average Bonchev–Trinajstić information content (AvgIpc) is 3.38. The minimum Gasteiger partial charge on any atom is -0.354 e. The maximum Gasteiger partial charge on any atom is 0.258 e. The Kier molecular flexibility index (Phi) is 8.38. The van der Waals surface area contributed by atoms with Crippen LogP contribution in [0, 0.1) is 0 Å². The third-order valence-corrected chi connectivity index (χ3v) is 8.56. The number of nitrogens with zero attached hydrogens (tertiary/aromatic N) is 2. The first-order valence-corrected chi connectivity index (χ1v) is 15.1. The van der Waals surface area contributed by atoms with E-state index in [4.69, 9.17) is 0 Å². The van der Waals surface area contributed by atoms with Gasteiger partial charge >= 0.3 is 0 Å². The fraction of sp³-hybridized carbons (Fsp3) is 0.243. The molecule has 1 fully saturated rings. The Morgan fingerprint density at radius 2 is 1.58 bits per heavy atom. The van der Waals surface area contributed by atoms with Gasteiger partial charge in [-0.2, -0.15) is 0 Å². The Labute approximate surface area is 254 Å². The van der Waals surface area contributed by atoms with Crippen molar-refractivity contribution in [1.82, 2.24) is 9.80 Å². The lowest BCUT2D eigenvalue weighted by Crippen LogP contribution is -2.29. The predicted octanol–water partition coefficient (Wildman–Crippen LogP) is 7.44. The summed E-state index contributed by atoms with van der Waals surface area (Å²) in [6.45, 7) is 5.20. The van der Waals surface area contributed by atoms with Gasteiger partial charge in [-0.25, -0.2) is 0 Å². The number of rotatable bonds is 8. The third kappa shape index (κ3) is 6.25. The lowest BCUT2D eigenvalue weighted by molar-refractivity contribution is -0.110. The number of piperidine rings is 1. The smallest absolute Gasteiger partial charge is 0.258 e. The van der Waals surface area contributed by atoms with Gasteiger partial charge in [-0.05, 0) is 79.9 Å². The van der Waals surface area contributed by atoms with E-state index in [1.807, 2.05) is 92.8 Å². The molecular formula is C37H38N4O2. The topological polar surface area (TPSA) is 64.7 Å². The lowest BCUT2D eigenvalue weighted by Gasteiger charge is -2.26. The molecule has 0 spiro atoms. The van der Waals surface area contributed by atoms with Gasteiger partial charge in [-0.15, -0.1) is 0 Å². The Bertz CT molecular complexity index is 1640.